The molecule has 1 aliphatic rings. The molecule has 1 rings (SSSR count). The SMILES string of the molecule is CC1(C)CCC(O)(CNS(=O)(=O)CCCCCl)CC1. The van der Waals surface area contributed by atoms with E-state index in [4.69, 9.17) is 11.6 Å². The highest BCUT2D eigenvalue weighted by Gasteiger charge is 2.37. The van der Waals surface area contributed by atoms with Crippen LogP contribution in [0.2, 0.25) is 0 Å². The third-order valence-corrected chi connectivity index (χ3v) is 5.63. The predicted octanol–water partition coefficient (Wildman–Crippen LogP) is 2.26. The number of aliphatic hydroxyl groups is 1. The van der Waals surface area contributed by atoms with Gasteiger partial charge in [0.05, 0.1) is 11.4 Å². The number of hydrogen-bond donors (Lipinski definition) is 2. The maximum atomic E-state index is 11.8. The molecule has 114 valence electrons. The van der Waals surface area contributed by atoms with E-state index in [1.807, 2.05) is 0 Å². The molecule has 19 heavy (non-hydrogen) atoms. The molecule has 0 atom stereocenters. The highest BCUT2D eigenvalue weighted by atomic mass is 35.5. The molecule has 0 aliphatic heterocycles. The molecule has 1 saturated carbocycles. The summed E-state index contributed by atoms with van der Waals surface area (Å²) in [6, 6.07) is 0. The van der Waals surface area contributed by atoms with E-state index in [0.29, 0.717) is 31.6 Å². The number of rotatable bonds is 7. The standard InChI is InChI=1S/C13H26ClNO3S/c1-12(2)5-7-13(16,8-6-12)11-15-19(17,18)10-4-3-9-14/h15-16H,3-11H2,1-2H3. The first kappa shape index (κ1) is 17.2. The van der Waals surface area contributed by atoms with Crippen molar-refractivity contribution in [3.63, 3.8) is 0 Å². The van der Waals surface area contributed by atoms with Gasteiger partial charge >= 0.3 is 0 Å². The van der Waals surface area contributed by atoms with E-state index in [-0.39, 0.29) is 17.7 Å². The van der Waals surface area contributed by atoms with Crippen molar-refractivity contribution in [2.75, 3.05) is 18.2 Å². The molecule has 0 aromatic carbocycles. The number of halogens is 1. The minimum atomic E-state index is -3.29. The van der Waals surface area contributed by atoms with E-state index < -0.39 is 15.6 Å². The smallest absolute Gasteiger partial charge is 0.211 e. The Morgan fingerprint density at radius 2 is 1.74 bits per heavy atom. The number of sulfonamides is 1. The van der Waals surface area contributed by atoms with E-state index in [1.165, 1.54) is 0 Å². The van der Waals surface area contributed by atoms with Crippen LogP contribution in [0.3, 0.4) is 0 Å². The summed E-state index contributed by atoms with van der Waals surface area (Å²) in [5.74, 6) is 0.565. The molecule has 0 aromatic heterocycles. The van der Waals surface area contributed by atoms with Crippen molar-refractivity contribution >= 4 is 21.6 Å². The zero-order valence-electron chi connectivity index (χ0n) is 11.9. The number of hydrogen-bond acceptors (Lipinski definition) is 3. The number of nitrogens with one attached hydrogen (secondary N) is 1. The Balaban J connectivity index is 2.39. The molecule has 0 heterocycles. The Hall–Kier alpha value is 0.160. The first-order valence-corrected chi connectivity index (χ1v) is 9.13. The van der Waals surface area contributed by atoms with Crippen molar-refractivity contribution in [2.45, 2.75) is 58.0 Å². The fraction of sp³-hybridized carbons (Fsp3) is 1.00. The Morgan fingerprint density at radius 1 is 1.16 bits per heavy atom. The zero-order chi connectivity index (χ0) is 14.6. The van der Waals surface area contributed by atoms with Crippen LogP contribution in [-0.4, -0.2) is 37.3 Å². The molecule has 0 radical (unpaired) electrons. The van der Waals surface area contributed by atoms with Gasteiger partial charge in [0.1, 0.15) is 0 Å². The number of unbranched alkanes of at least 4 members (excludes halogenated alkanes) is 1. The fourth-order valence-electron chi connectivity index (χ4n) is 2.27. The van der Waals surface area contributed by atoms with E-state index in [2.05, 4.69) is 18.6 Å². The van der Waals surface area contributed by atoms with Crippen molar-refractivity contribution in [1.82, 2.24) is 4.72 Å². The van der Waals surface area contributed by atoms with Gasteiger partial charge in [0.25, 0.3) is 0 Å². The van der Waals surface area contributed by atoms with Crippen molar-refractivity contribution in [2.24, 2.45) is 5.41 Å². The highest BCUT2D eigenvalue weighted by Crippen LogP contribution is 2.39. The Labute approximate surface area is 122 Å². The normalized spacial score (nSPS) is 22.3. The molecule has 0 unspecified atom stereocenters. The summed E-state index contributed by atoms with van der Waals surface area (Å²) in [6.45, 7) is 4.50. The zero-order valence-corrected chi connectivity index (χ0v) is 13.5. The molecule has 0 aromatic rings. The summed E-state index contributed by atoms with van der Waals surface area (Å²) in [6.07, 6.45) is 4.43. The van der Waals surface area contributed by atoms with Gasteiger partial charge in [0, 0.05) is 12.4 Å². The quantitative estimate of drug-likeness (QED) is 0.560. The summed E-state index contributed by atoms with van der Waals surface area (Å²) in [5.41, 5.74) is -0.624. The minimum Gasteiger partial charge on any atom is -0.389 e. The maximum Gasteiger partial charge on any atom is 0.211 e. The molecule has 1 fully saturated rings. The summed E-state index contributed by atoms with van der Waals surface area (Å²) < 4.78 is 26.0. The average molecular weight is 312 g/mol. The monoisotopic (exact) mass is 311 g/mol. The van der Waals surface area contributed by atoms with Gasteiger partial charge in [-0.2, -0.15) is 0 Å². The molecule has 0 spiro atoms. The second-order valence-electron chi connectivity index (χ2n) is 6.42. The van der Waals surface area contributed by atoms with Crippen LogP contribution in [0.15, 0.2) is 0 Å². The predicted molar refractivity (Wildman–Crippen MR) is 78.9 cm³/mol. The lowest BCUT2D eigenvalue weighted by molar-refractivity contribution is -0.0205. The van der Waals surface area contributed by atoms with Gasteiger partial charge in [-0.15, -0.1) is 11.6 Å². The van der Waals surface area contributed by atoms with Crippen LogP contribution in [0, 0.1) is 5.41 Å². The topological polar surface area (TPSA) is 66.4 Å². The number of alkyl halides is 1. The Morgan fingerprint density at radius 3 is 2.26 bits per heavy atom. The third kappa shape index (κ3) is 6.43. The van der Waals surface area contributed by atoms with Gasteiger partial charge in [0.2, 0.25) is 10.0 Å². The summed E-state index contributed by atoms with van der Waals surface area (Å²) >= 11 is 5.52. The summed E-state index contributed by atoms with van der Waals surface area (Å²) in [5, 5.41) is 10.4. The minimum absolute atomic E-state index is 0.0846. The van der Waals surface area contributed by atoms with E-state index >= 15 is 0 Å². The second kappa shape index (κ2) is 6.74. The van der Waals surface area contributed by atoms with Crippen LogP contribution in [0.5, 0.6) is 0 Å². The van der Waals surface area contributed by atoms with Crippen molar-refractivity contribution < 1.29 is 13.5 Å². The highest BCUT2D eigenvalue weighted by molar-refractivity contribution is 7.89. The summed E-state index contributed by atoms with van der Waals surface area (Å²) in [4.78, 5) is 0. The first-order chi connectivity index (χ1) is 8.68. The molecular formula is C13H26ClNO3S. The maximum absolute atomic E-state index is 11.8. The first-order valence-electron chi connectivity index (χ1n) is 6.94. The largest absolute Gasteiger partial charge is 0.389 e. The second-order valence-corrected chi connectivity index (χ2v) is 8.73. The summed E-state index contributed by atoms with van der Waals surface area (Å²) in [7, 11) is -3.29. The van der Waals surface area contributed by atoms with Crippen molar-refractivity contribution in [3.8, 4) is 0 Å². The lowest BCUT2D eigenvalue weighted by atomic mass is 9.71. The molecule has 6 heteroatoms. The lowest BCUT2D eigenvalue weighted by Gasteiger charge is -2.40. The van der Waals surface area contributed by atoms with Crippen molar-refractivity contribution in [1.29, 1.82) is 0 Å². The molecule has 0 saturated heterocycles. The van der Waals surface area contributed by atoms with Gasteiger partial charge < -0.3 is 5.11 Å². The lowest BCUT2D eigenvalue weighted by Crippen LogP contribution is -2.47. The van der Waals surface area contributed by atoms with Crippen molar-refractivity contribution in [3.05, 3.63) is 0 Å². The van der Waals surface area contributed by atoms with Gasteiger partial charge in [-0.25, -0.2) is 13.1 Å². The van der Waals surface area contributed by atoms with Gasteiger partial charge in [0.15, 0.2) is 0 Å². The van der Waals surface area contributed by atoms with Gasteiger partial charge in [-0.1, -0.05) is 13.8 Å². The van der Waals surface area contributed by atoms with Crippen LogP contribution < -0.4 is 4.72 Å². The molecule has 2 N–H and O–H groups in total. The van der Waals surface area contributed by atoms with Gasteiger partial charge in [-0.05, 0) is 43.9 Å². The fourth-order valence-corrected chi connectivity index (χ4v) is 3.68. The van der Waals surface area contributed by atoms with Crippen LogP contribution in [0.25, 0.3) is 0 Å². The molecule has 0 amide bonds. The van der Waals surface area contributed by atoms with E-state index in [0.717, 1.165) is 12.8 Å². The molecule has 0 bridgehead atoms. The van der Waals surface area contributed by atoms with E-state index in [9.17, 15) is 13.5 Å². The molecule has 1 aliphatic carbocycles. The van der Waals surface area contributed by atoms with Crippen LogP contribution >= 0.6 is 11.6 Å². The van der Waals surface area contributed by atoms with E-state index in [1.54, 1.807) is 0 Å². The molecule has 4 nitrogen and oxygen atoms in total. The Kier molecular flexibility index (Phi) is 6.11. The Bertz CT molecular complexity index is 371. The van der Waals surface area contributed by atoms with Crippen LogP contribution in [0.4, 0.5) is 0 Å². The van der Waals surface area contributed by atoms with Crippen LogP contribution in [-0.2, 0) is 10.0 Å². The van der Waals surface area contributed by atoms with Gasteiger partial charge in [-0.3, -0.25) is 0 Å². The average Bonchev–Trinajstić information content (AvgIpc) is 2.32. The molecular weight excluding hydrogens is 286 g/mol. The third-order valence-electron chi connectivity index (χ3n) is 3.95. The van der Waals surface area contributed by atoms with Crippen LogP contribution in [0.1, 0.15) is 52.4 Å².